The van der Waals surface area contributed by atoms with Crippen molar-refractivity contribution in [3.63, 3.8) is 0 Å². The lowest BCUT2D eigenvalue weighted by Crippen LogP contribution is -2.15. The predicted molar refractivity (Wildman–Crippen MR) is 112 cm³/mol. The van der Waals surface area contributed by atoms with Crippen LogP contribution in [0.1, 0.15) is 18.9 Å². The number of carbonyl (C=O) groups is 1. The van der Waals surface area contributed by atoms with Crippen molar-refractivity contribution in [3.8, 4) is 5.75 Å². The molecular formula is C19H17Cl2FN4O2S. The molecule has 1 amide bonds. The van der Waals surface area contributed by atoms with Gasteiger partial charge in [-0.2, -0.15) is 0 Å². The zero-order valence-corrected chi connectivity index (χ0v) is 17.9. The van der Waals surface area contributed by atoms with Crippen LogP contribution in [0.25, 0.3) is 0 Å². The van der Waals surface area contributed by atoms with Crippen LogP contribution in [-0.2, 0) is 11.8 Å². The fraction of sp³-hybridized carbons (Fsp3) is 0.211. The summed E-state index contributed by atoms with van der Waals surface area (Å²) < 4.78 is 20.5. The summed E-state index contributed by atoms with van der Waals surface area (Å²) in [5, 5.41) is 12.4. The first kappa shape index (κ1) is 21.4. The molecule has 6 nitrogen and oxygen atoms in total. The number of thioether (sulfide) groups is 1. The highest BCUT2D eigenvalue weighted by molar-refractivity contribution is 7.99. The largest absolute Gasteiger partial charge is 0.483 e. The lowest BCUT2D eigenvalue weighted by molar-refractivity contribution is -0.113. The van der Waals surface area contributed by atoms with E-state index in [0.29, 0.717) is 32.5 Å². The summed E-state index contributed by atoms with van der Waals surface area (Å²) in [5.41, 5.74) is 0.521. The Kier molecular flexibility index (Phi) is 7.00. The average Bonchev–Trinajstić information content (AvgIpc) is 3.01. The molecule has 0 saturated carbocycles. The highest BCUT2D eigenvalue weighted by atomic mass is 35.5. The van der Waals surface area contributed by atoms with E-state index in [1.165, 1.54) is 23.9 Å². The number of anilines is 1. The van der Waals surface area contributed by atoms with Crippen LogP contribution in [0, 0.1) is 5.82 Å². The molecule has 0 aliphatic rings. The fourth-order valence-corrected chi connectivity index (χ4v) is 3.77. The minimum Gasteiger partial charge on any atom is -0.483 e. The summed E-state index contributed by atoms with van der Waals surface area (Å²) in [6, 6.07) is 10.6. The molecule has 2 aromatic carbocycles. The third-order valence-electron chi connectivity index (χ3n) is 3.84. The first-order chi connectivity index (χ1) is 13.8. The van der Waals surface area contributed by atoms with Crippen molar-refractivity contribution in [2.75, 3.05) is 11.1 Å². The maximum absolute atomic E-state index is 13.0. The van der Waals surface area contributed by atoms with Gasteiger partial charge in [0.2, 0.25) is 5.91 Å². The Morgan fingerprint density at radius 3 is 2.52 bits per heavy atom. The standard InChI is InChI=1S/C19H17Cl2FN4O2S/c1-11(28-16-5-3-14(22)4-6-16)18-24-25-19(26(18)2)29-10-17(27)23-15-8-12(20)7-13(21)9-15/h3-9,11H,10H2,1-2H3,(H,23,27). The predicted octanol–water partition coefficient (Wildman–Crippen LogP) is 5.13. The number of ether oxygens (including phenoxy) is 1. The molecule has 1 aromatic heterocycles. The third-order valence-corrected chi connectivity index (χ3v) is 5.29. The SMILES string of the molecule is CC(Oc1ccc(F)cc1)c1nnc(SCC(=O)Nc2cc(Cl)cc(Cl)c2)n1C. The third kappa shape index (κ3) is 5.85. The van der Waals surface area contributed by atoms with Gasteiger partial charge in [-0.15, -0.1) is 10.2 Å². The van der Waals surface area contributed by atoms with Crippen molar-refractivity contribution in [2.45, 2.75) is 18.2 Å². The van der Waals surface area contributed by atoms with Gasteiger partial charge in [0, 0.05) is 22.8 Å². The maximum Gasteiger partial charge on any atom is 0.234 e. The lowest BCUT2D eigenvalue weighted by Gasteiger charge is -2.14. The summed E-state index contributed by atoms with van der Waals surface area (Å²) >= 11 is 13.1. The molecule has 10 heteroatoms. The molecule has 0 aliphatic carbocycles. The molecule has 29 heavy (non-hydrogen) atoms. The molecule has 0 spiro atoms. The summed E-state index contributed by atoms with van der Waals surface area (Å²) in [4.78, 5) is 12.2. The number of aromatic nitrogens is 3. The molecule has 0 aliphatic heterocycles. The van der Waals surface area contributed by atoms with Gasteiger partial charge < -0.3 is 14.6 Å². The van der Waals surface area contributed by atoms with Crippen molar-refractivity contribution in [3.05, 3.63) is 64.2 Å². The number of halogens is 3. The minimum absolute atomic E-state index is 0.128. The van der Waals surface area contributed by atoms with E-state index >= 15 is 0 Å². The van der Waals surface area contributed by atoms with Crippen molar-refractivity contribution in [1.82, 2.24) is 14.8 Å². The Bertz CT molecular complexity index is 994. The highest BCUT2D eigenvalue weighted by Gasteiger charge is 2.18. The molecule has 1 N–H and O–H groups in total. The summed E-state index contributed by atoms with van der Waals surface area (Å²) in [7, 11) is 1.79. The molecule has 1 unspecified atom stereocenters. The van der Waals surface area contributed by atoms with Gasteiger partial charge in [-0.1, -0.05) is 35.0 Å². The van der Waals surface area contributed by atoms with Crippen LogP contribution >= 0.6 is 35.0 Å². The quantitative estimate of drug-likeness (QED) is 0.501. The smallest absolute Gasteiger partial charge is 0.234 e. The van der Waals surface area contributed by atoms with Crippen molar-refractivity contribution in [2.24, 2.45) is 7.05 Å². The highest BCUT2D eigenvalue weighted by Crippen LogP contribution is 2.25. The van der Waals surface area contributed by atoms with Crippen LogP contribution in [0.5, 0.6) is 5.75 Å². The van der Waals surface area contributed by atoms with Crippen molar-refractivity contribution < 1.29 is 13.9 Å². The fourth-order valence-electron chi connectivity index (χ4n) is 2.53. The van der Waals surface area contributed by atoms with Crippen LogP contribution < -0.4 is 10.1 Å². The van der Waals surface area contributed by atoms with Gasteiger partial charge in [-0.25, -0.2) is 4.39 Å². The molecule has 0 fully saturated rings. The topological polar surface area (TPSA) is 69.0 Å². The molecule has 0 saturated heterocycles. The van der Waals surface area contributed by atoms with Gasteiger partial charge in [-0.3, -0.25) is 4.79 Å². The second-order valence-corrected chi connectivity index (χ2v) is 7.92. The first-order valence-electron chi connectivity index (χ1n) is 8.52. The van der Waals surface area contributed by atoms with Gasteiger partial charge in [0.1, 0.15) is 11.6 Å². The molecular weight excluding hydrogens is 438 g/mol. The normalized spacial score (nSPS) is 11.9. The Morgan fingerprint density at radius 2 is 1.86 bits per heavy atom. The molecule has 1 heterocycles. The van der Waals surface area contributed by atoms with Gasteiger partial charge in [-0.05, 0) is 49.4 Å². The number of benzene rings is 2. The molecule has 0 bridgehead atoms. The van der Waals surface area contributed by atoms with Crippen LogP contribution in [0.15, 0.2) is 47.6 Å². The Labute approximate surface area is 181 Å². The number of carbonyl (C=O) groups excluding carboxylic acids is 1. The van der Waals surface area contributed by atoms with Gasteiger partial charge in [0.15, 0.2) is 17.1 Å². The van der Waals surface area contributed by atoms with E-state index in [9.17, 15) is 9.18 Å². The van der Waals surface area contributed by atoms with E-state index in [4.69, 9.17) is 27.9 Å². The summed E-state index contributed by atoms with van der Waals surface area (Å²) in [5.74, 6) is 0.673. The summed E-state index contributed by atoms with van der Waals surface area (Å²) in [6.07, 6.45) is -0.408. The van der Waals surface area contributed by atoms with Crippen LogP contribution in [-0.4, -0.2) is 26.4 Å². The molecule has 3 aromatic rings. The number of amides is 1. The Hall–Kier alpha value is -2.29. The Balaban J connectivity index is 1.58. The average molecular weight is 455 g/mol. The lowest BCUT2D eigenvalue weighted by atomic mass is 10.3. The molecule has 0 radical (unpaired) electrons. The molecule has 1 atom stereocenters. The number of nitrogens with one attached hydrogen (secondary N) is 1. The minimum atomic E-state index is -0.408. The second-order valence-electron chi connectivity index (χ2n) is 6.11. The van der Waals surface area contributed by atoms with E-state index in [0.717, 1.165) is 0 Å². The zero-order valence-electron chi connectivity index (χ0n) is 15.5. The van der Waals surface area contributed by atoms with E-state index in [2.05, 4.69) is 15.5 Å². The van der Waals surface area contributed by atoms with Crippen LogP contribution in [0.3, 0.4) is 0 Å². The zero-order chi connectivity index (χ0) is 21.0. The van der Waals surface area contributed by atoms with Gasteiger partial charge in [0.05, 0.1) is 5.75 Å². The number of hydrogen-bond acceptors (Lipinski definition) is 5. The van der Waals surface area contributed by atoms with Gasteiger partial charge in [0.25, 0.3) is 0 Å². The van der Waals surface area contributed by atoms with Gasteiger partial charge >= 0.3 is 0 Å². The van der Waals surface area contributed by atoms with E-state index in [1.807, 2.05) is 6.92 Å². The van der Waals surface area contributed by atoms with Crippen LogP contribution in [0.4, 0.5) is 10.1 Å². The Morgan fingerprint density at radius 1 is 1.21 bits per heavy atom. The van der Waals surface area contributed by atoms with E-state index in [-0.39, 0.29) is 17.5 Å². The maximum atomic E-state index is 13.0. The van der Waals surface area contributed by atoms with Crippen molar-refractivity contribution in [1.29, 1.82) is 0 Å². The molecule has 152 valence electrons. The number of rotatable bonds is 7. The monoisotopic (exact) mass is 454 g/mol. The summed E-state index contributed by atoms with van der Waals surface area (Å²) in [6.45, 7) is 1.82. The van der Waals surface area contributed by atoms with E-state index in [1.54, 1.807) is 41.9 Å². The first-order valence-corrected chi connectivity index (χ1v) is 10.3. The number of nitrogens with zero attached hydrogens (tertiary/aromatic N) is 3. The molecule has 3 rings (SSSR count). The van der Waals surface area contributed by atoms with Crippen LogP contribution in [0.2, 0.25) is 10.0 Å². The number of hydrogen-bond donors (Lipinski definition) is 1. The second kappa shape index (κ2) is 9.47. The van der Waals surface area contributed by atoms with Crippen molar-refractivity contribution >= 4 is 46.6 Å². The van der Waals surface area contributed by atoms with E-state index < -0.39 is 6.10 Å².